The second kappa shape index (κ2) is 11.9. The molecule has 0 amide bonds. The summed E-state index contributed by atoms with van der Waals surface area (Å²) >= 11 is 0. The summed E-state index contributed by atoms with van der Waals surface area (Å²) in [6, 6.07) is 3.99. The molecule has 2 aliphatic heterocycles. The summed E-state index contributed by atoms with van der Waals surface area (Å²) in [5.41, 5.74) is 2.61. The van der Waals surface area contributed by atoms with Crippen LogP contribution in [0.25, 0.3) is 6.08 Å². The third kappa shape index (κ3) is 6.86. The molecule has 0 saturated carbocycles. The second-order valence-electron chi connectivity index (χ2n) is 10.5. The third-order valence-corrected chi connectivity index (χ3v) is 7.08. The fraction of sp³-hybridized carbons (Fsp3) is 0.643. The van der Waals surface area contributed by atoms with Gasteiger partial charge < -0.3 is 34.6 Å². The molecule has 0 spiro atoms. The van der Waals surface area contributed by atoms with Gasteiger partial charge in [0.15, 0.2) is 6.29 Å². The van der Waals surface area contributed by atoms with Gasteiger partial charge >= 0.3 is 0 Å². The quantitative estimate of drug-likeness (QED) is 0.368. The molecule has 7 heteroatoms. The first-order valence-electron chi connectivity index (χ1n) is 12.7. The number of aliphatic hydroxyl groups is 4. The predicted octanol–water partition coefficient (Wildman–Crippen LogP) is 3.96. The highest BCUT2D eigenvalue weighted by atomic mass is 16.7. The van der Waals surface area contributed by atoms with Crippen molar-refractivity contribution >= 4 is 6.08 Å². The van der Waals surface area contributed by atoms with E-state index in [1.54, 1.807) is 0 Å². The van der Waals surface area contributed by atoms with E-state index in [4.69, 9.17) is 14.2 Å². The van der Waals surface area contributed by atoms with E-state index in [0.717, 1.165) is 43.2 Å². The molecule has 1 aromatic carbocycles. The first-order chi connectivity index (χ1) is 16.6. The van der Waals surface area contributed by atoms with Crippen LogP contribution in [0.3, 0.4) is 0 Å². The first kappa shape index (κ1) is 27.7. The zero-order valence-electron chi connectivity index (χ0n) is 21.6. The minimum absolute atomic E-state index is 0.461. The third-order valence-electron chi connectivity index (χ3n) is 7.08. The van der Waals surface area contributed by atoms with Crippen molar-refractivity contribution in [3.8, 4) is 11.5 Å². The maximum Gasteiger partial charge on any atom is 0.210 e. The highest BCUT2D eigenvalue weighted by molar-refractivity contribution is 5.68. The average molecular weight is 491 g/mol. The van der Waals surface area contributed by atoms with Gasteiger partial charge in [-0.25, -0.2) is 0 Å². The van der Waals surface area contributed by atoms with Gasteiger partial charge in [0.2, 0.25) is 6.29 Å². The SMILES string of the molecule is CCC(C)CCc1cc(OC2O[C@H](O)[C@@H](O)[C@H](O)[C@H]2CO)c2c(c1)OC(C)(CCC=C(C)C)C=C2. The van der Waals surface area contributed by atoms with Crippen molar-refractivity contribution in [1.29, 1.82) is 0 Å². The van der Waals surface area contributed by atoms with Crippen LogP contribution in [0.4, 0.5) is 0 Å². The van der Waals surface area contributed by atoms with Gasteiger partial charge in [-0.05, 0) is 82.2 Å². The summed E-state index contributed by atoms with van der Waals surface area (Å²) in [4.78, 5) is 0. The summed E-state index contributed by atoms with van der Waals surface area (Å²) in [5, 5.41) is 40.1. The number of hydrogen-bond acceptors (Lipinski definition) is 7. The number of ether oxygens (including phenoxy) is 3. The van der Waals surface area contributed by atoms with Crippen LogP contribution >= 0.6 is 0 Å². The Morgan fingerprint density at radius 1 is 1.20 bits per heavy atom. The molecular formula is C28H42O7. The average Bonchev–Trinajstić information content (AvgIpc) is 2.80. The minimum Gasteiger partial charge on any atom is -0.483 e. The van der Waals surface area contributed by atoms with Gasteiger partial charge in [0.1, 0.15) is 23.2 Å². The summed E-state index contributed by atoms with van der Waals surface area (Å²) in [6.07, 6.45) is 5.25. The molecule has 35 heavy (non-hydrogen) atoms. The van der Waals surface area contributed by atoms with Crippen molar-refractivity contribution in [3.05, 3.63) is 41.0 Å². The van der Waals surface area contributed by atoms with E-state index in [-0.39, 0.29) is 0 Å². The number of fused-ring (bicyclic) bond motifs is 1. The van der Waals surface area contributed by atoms with Crippen LogP contribution in [0.15, 0.2) is 29.9 Å². The lowest BCUT2D eigenvalue weighted by molar-refractivity contribution is -0.312. The second-order valence-corrected chi connectivity index (χ2v) is 10.5. The summed E-state index contributed by atoms with van der Waals surface area (Å²) in [6.45, 7) is 10.2. The summed E-state index contributed by atoms with van der Waals surface area (Å²) in [5.74, 6) is 0.859. The maximum atomic E-state index is 10.3. The number of rotatable bonds is 10. The van der Waals surface area contributed by atoms with Crippen LogP contribution in [-0.4, -0.2) is 57.4 Å². The zero-order chi connectivity index (χ0) is 25.8. The molecular weight excluding hydrogens is 448 g/mol. The molecule has 0 bridgehead atoms. The Morgan fingerprint density at radius 2 is 1.94 bits per heavy atom. The van der Waals surface area contributed by atoms with Crippen LogP contribution in [-0.2, 0) is 11.2 Å². The first-order valence-corrected chi connectivity index (χ1v) is 12.7. The Balaban J connectivity index is 1.91. The van der Waals surface area contributed by atoms with Gasteiger partial charge in [-0.15, -0.1) is 0 Å². The van der Waals surface area contributed by atoms with Crippen molar-refractivity contribution in [1.82, 2.24) is 0 Å². The fourth-order valence-corrected chi connectivity index (χ4v) is 4.43. The standard InChI is InChI=1S/C28H42O7/c1-6-18(4)9-10-19-14-22(33-27-21(16-29)24(30)25(31)26(32)34-27)20-11-13-28(5,35-23(20)15-19)12-7-8-17(2)3/h8,11,13-15,18,21,24-27,29-32H,6-7,9-10,12,16H2,1-5H3/t18?,21-,24-,25+,26+,27?,28?/m1/s1. The van der Waals surface area contributed by atoms with Gasteiger partial charge in [0.25, 0.3) is 0 Å². The lowest BCUT2D eigenvalue weighted by atomic mass is 9.92. The van der Waals surface area contributed by atoms with E-state index < -0.39 is 42.9 Å². The van der Waals surface area contributed by atoms with Crippen LogP contribution < -0.4 is 9.47 Å². The van der Waals surface area contributed by atoms with Crippen molar-refractivity contribution < 1.29 is 34.6 Å². The Morgan fingerprint density at radius 3 is 2.60 bits per heavy atom. The van der Waals surface area contributed by atoms with Gasteiger partial charge in [0.05, 0.1) is 24.2 Å². The van der Waals surface area contributed by atoms with Crippen molar-refractivity contribution in [3.63, 3.8) is 0 Å². The Kier molecular flexibility index (Phi) is 9.40. The van der Waals surface area contributed by atoms with Gasteiger partial charge in [-0.1, -0.05) is 31.9 Å². The Labute approximate surface area is 209 Å². The molecule has 1 aromatic rings. The van der Waals surface area contributed by atoms with E-state index in [9.17, 15) is 20.4 Å². The molecule has 0 radical (unpaired) electrons. The lowest BCUT2D eigenvalue weighted by Crippen LogP contribution is -2.57. The normalized spacial score (nSPS) is 30.8. The van der Waals surface area contributed by atoms with Gasteiger partial charge in [-0.3, -0.25) is 0 Å². The van der Waals surface area contributed by atoms with Crippen LogP contribution in [0.1, 0.15) is 71.4 Å². The molecule has 7 nitrogen and oxygen atoms in total. The predicted molar refractivity (Wildman–Crippen MR) is 135 cm³/mol. The number of aryl methyl sites for hydroxylation is 1. The molecule has 4 N–H and O–H groups in total. The van der Waals surface area contributed by atoms with E-state index in [0.29, 0.717) is 17.4 Å². The van der Waals surface area contributed by atoms with E-state index in [1.165, 1.54) is 5.57 Å². The molecule has 1 saturated heterocycles. The molecule has 0 aromatic heterocycles. The molecule has 7 atom stereocenters. The van der Waals surface area contributed by atoms with Crippen molar-refractivity contribution in [2.75, 3.05) is 6.61 Å². The molecule has 196 valence electrons. The molecule has 3 unspecified atom stereocenters. The Hall–Kier alpha value is -1.90. The highest BCUT2D eigenvalue weighted by Crippen LogP contribution is 2.41. The molecule has 3 rings (SSSR count). The van der Waals surface area contributed by atoms with E-state index >= 15 is 0 Å². The fourth-order valence-electron chi connectivity index (χ4n) is 4.43. The van der Waals surface area contributed by atoms with Gasteiger partial charge in [-0.2, -0.15) is 0 Å². The lowest BCUT2D eigenvalue weighted by Gasteiger charge is -2.40. The van der Waals surface area contributed by atoms with Crippen LogP contribution in [0, 0.1) is 11.8 Å². The van der Waals surface area contributed by atoms with Crippen LogP contribution in [0.2, 0.25) is 0 Å². The minimum atomic E-state index is -1.62. The number of aliphatic hydroxyl groups excluding tert-OH is 4. The molecule has 2 aliphatic rings. The monoisotopic (exact) mass is 490 g/mol. The largest absolute Gasteiger partial charge is 0.483 e. The highest BCUT2D eigenvalue weighted by Gasteiger charge is 2.45. The molecule has 2 heterocycles. The zero-order valence-corrected chi connectivity index (χ0v) is 21.6. The molecule has 1 fully saturated rings. The smallest absolute Gasteiger partial charge is 0.210 e. The van der Waals surface area contributed by atoms with Crippen LogP contribution in [0.5, 0.6) is 11.5 Å². The van der Waals surface area contributed by atoms with Gasteiger partial charge in [0, 0.05) is 0 Å². The van der Waals surface area contributed by atoms with E-state index in [2.05, 4.69) is 46.8 Å². The Bertz CT molecular complexity index is 907. The van der Waals surface area contributed by atoms with Crippen molar-refractivity contribution in [2.45, 2.75) is 97.1 Å². The number of hydrogen-bond donors (Lipinski definition) is 4. The maximum absolute atomic E-state index is 10.3. The summed E-state index contributed by atoms with van der Waals surface area (Å²) in [7, 11) is 0. The topological polar surface area (TPSA) is 109 Å². The molecule has 0 aliphatic carbocycles. The van der Waals surface area contributed by atoms with E-state index in [1.807, 2.05) is 18.2 Å². The number of benzene rings is 1. The van der Waals surface area contributed by atoms with Crippen molar-refractivity contribution in [2.24, 2.45) is 11.8 Å². The summed E-state index contributed by atoms with van der Waals surface area (Å²) < 4.78 is 18.1. The number of allylic oxidation sites excluding steroid dienone is 2.